The van der Waals surface area contributed by atoms with Crippen molar-refractivity contribution in [1.82, 2.24) is 10.2 Å². The number of aromatic nitrogens is 2. The third-order valence-electron chi connectivity index (χ3n) is 3.96. The topological polar surface area (TPSA) is 74.5 Å². The largest absolute Gasteiger partial charge is 0.494 e. The van der Waals surface area contributed by atoms with E-state index in [0.29, 0.717) is 23.3 Å². The van der Waals surface area contributed by atoms with Crippen LogP contribution in [0.2, 0.25) is 0 Å². The van der Waals surface area contributed by atoms with Crippen LogP contribution in [-0.4, -0.2) is 28.3 Å². The predicted octanol–water partition coefficient (Wildman–Crippen LogP) is 4.64. The smallest absolute Gasteiger partial charge is 0.277 e. The molecule has 1 heterocycles. The van der Waals surface area contributed by atoms with Crippen LogP contribution in [0.5, 0.6) is 11.5 Å². The van der Waals surface area contributed by atoms with Crippen molar-refractivity contribution in [2.75, 3.05) is 12.4 Å². The van der Waals surface area contributed by atoms with Gasteiger partial charge >= 0.3 is 0 Å². The van der Waals surface area contributed by atoms with Crippen LogP contribution >= 0.6 is 11.8 Å². The van der Waals surface area contributed by atoms with Gasteiger partial charge in [0, 0.05) is 5.56 Å². The minimum atomic E-state index is -0.0144. The van der Waals surface area contributed by atoms with Crippen LogP contribution in [-0.2, 0) is 6.61 Å². The molecule has 0 aliphatic carbocycles. The molecule has 0 unspecified atom stereocenters. The molecule has 6 nitrogen and oxygen atoms in total. The Kier molecular flexibility index (Phi) is 6.71. The molecule has 0 aliphatic rings. The SMILES string of the molecule is CCOc1ccc(C(=O)CSc2nnc(COc3cc(C)ccc3C)o2)cc1. The number of carbonyl (C=O) groups is 1. The Bertz CT molecular complexity index is 938. The first-order valence-electron chi connectivity index (χ1n) is 8.96. The van der Waals surface area contributed by atoms with E-state index in [1.165, 1.54) is 11.8 Å². The second-order valence-electron chi connectivity index (χ2n) is 6.19. The molecule has 0 bridgehead atoms. The Labute approximate surface area is 168 Å². The van der Waals surface area contributed by atoms with Crippen molar-refractivity contribution in [2.45, 2.75) is 32.6 Å². The van der Waals surface area contributed by atoms with Gasteiger partial charge < -0.3 is 13.9 Å². The number of ketones is 1. The molecule has 28 heavy (non-hydrogen) atoms. The lowest BCUT2D eigenvalue weighted by molar-refractivity contribution is 0.102. The molecule has 0 atom stereocenters. The highest BCUT2D eigenvalue weighted by Crippen LogP contribution is 2.22. The normalized spacial score (nSPS) is 10.7. The van der Waals surface area contributed by atoms with Gasteiger partial charge in [0.15, 0.2) is 12.4 Å². The molecular formula is C21H22N2O4S. The maximum Gasteiger partial charge on any atom is 0.277 e. The summed E-state index contributed by atoms with van der Waals surface area (Å²) in [7, 11) is 0. The molecule has 0 fully saturated rings. The zero-order valence-corrected chi connectivity index (χ0v) is 16.9. The molecule has 0 amide bonds. The fourth-order valence-corrected chi connectivity index (χ4v) is 3.15. The minimum Gasteiger partial charge on any atom is -0.494 e. The predicted molar refractivity (Wildman–Crippen MR) is 107 cm³/mol. The number of hydrogen-bond donors (Lipinski definition) is 0. The Balaban J connectivity index is 1.51. The summed E-state index contributed by atoms with van der Waals surface area (Å²) in [5, 5.41) is 8.29. The van der Waals surface area contributed by atoms with Crippen LogP contribution in [0.25, 0.3) is 0 Å². The summed E-state index contributed by atoms with van der Waals surface area (Å²) < 4.78 is 16.7. The highest BCUT2D eigenvalue weighted by molar-refractivity contribution is 7.99. The summed E-state index contributed by atoms with van der Waals surface area (Å²) in [6, 6.07) is 13.1. The molecule has 146 valence electrons. The van der Waals surface area contributed by atoms with Gasteiger partial charge in [0.1, 0.15) is 11.5 Å². The molecule has 0 saturated heterocycles. The number of ether oxygens (including phenoxy) is 2. The average molecular weight is 398 g/mol. The van der Waals surface area contributed by atoms with E-state index < -0.39 is 0 Å². The molecule has 3 rings (SSSR count). The second-order valence-corrected chi connectivity index (χ2v) is 7.12. The van der Waals surface area contributed by atoms with E-state index in [-0.39, 0.29) is 18.1 Å². The van der Waals surface area contributed by atoms with Crippen molar-refractivity contribution in [3.05, 3.63) is 65.0 Å². The van der Waals surface area contributed by atoms with Gasteiger partial charge in [0.2, 0.25) is 0 Å². The van der Waals surface area contributed by atoms with Crippen LogP contribution in [0.15, 0.2) is 52.1 Å². The maximum atomic E-state index is 12.3. The first-order valence-corrected chi connectivity index (χ1v) is 9.95. The van der Waals surface area contributed by atoms with Gasteiger partial charge in [-0.3, -0.25) is 4.79 Å². The lowest BCUT2D eigenvalue weighted by Gasteiger charge is -2.07. The fourth-order valence-electron chi connectivity index (χ4n) is 2.47. The van der Waals surface area contributed by atoms with Gasteiger partial charge in [-0.1, -0.05) is 23.9 Å². The summed E-state index contributed by atoms with van der Waals surface area (Å²) in [4.78, 5) is 12.3. The Hall–Kier alpha value is -2.80. The minimum absolute atomic E-state index is 0.0144. The average Bonchev–Trinajstić information content (AvgIpc) is 3.15. The summed E-state index contributed by atoms with van der Waals surface area (Å²) in [6.07, 6.45) is 0. The first-order chi connectivity index (χ1) is 13.5. The van der Waals surface area contributed by atoms with Crippen LogP contribution in [0.3, 0.4) is 0 Å². The van der Waals surface area contributed by atoms with E-state index in [0.717, 1.165) is 22.6 Å². The summed E-state index contributed by atoms with van der Waals surface area (Å²) in [5.41, 5.74) is 2.78. The third kappa shape index (κ3) is 5.36. The number of aryl methyl sites for hydroxylation is 2. The van der Waals surface area contributed by atoms with E-state index in [1.54, 1.807) is 24.3 Å². The standard InChI is InChI=1S/C21H22N2O4S/c1-4-25-17-9-7-16(8-10-17)18(24)13-28-21-23-22-20(27-21)12-26-19-11-14(2)5-6-15(19)3/h5-11H,4,12-13H2,1-3H3. The van der Waals surface area contributed by atoms with Gasteiger partial charge in [0.05, 0.1) is 12.4 Å². The molecule has 0 spiro atoms. The van der Waals surface area contributed by atoms with Crippen LogP contribution in [0.4, 0.5) is 0 Å². The summed E-state index contributed by atoms with van der Waals surface area (Å²) in [5.74, 6) is 2.11. The van der Waals surface area contributed by atoms with E-state index >= 15 is 0 Å². The quantitative estimate of drug-likeness (QED) is 0.384. The summed E-state index contributed by atoms with van der Waals surface area (Å²) in [6.45, 7) is 6.69. The van der Waals surface area contributed by atoms with Gasteiger partial charge in [0.25, 0.3) is 11.1 Å². The van der Waals surface area contributed by atoms with E-state index in [9.17, 15) is 4.79 Å². The van der Waals surface area contributed by atoms with Crippen molar-refractivity contribution in [2.24, 2.45) is 0 Å². The zero-order valence-electron chi connectivity index (χ0n) is 16.1. The molecule has 0 N–H and O–H groups in total. The van der Waals surface area contributed by atoms with E-state index in [2.05, 4.69) is 10.2 Å². The second kappa shape index (κ2) is 9.41. The third-order valence-corrected chi connectivity index (χ3v) is 4.78. The Morgan fingerprint density at radius 1 is 1.07 bits per heavy atom. The number of carbonyl (C=O) groups excluding carboxylic acids is 1. The van der Waals surface area contributed by atoms with Crippen molar-refractivity contribution in [1.29, 1.82) is 0 Å². The number of thioether (sulfide) groups is 1. The van der Waals surface area contributed by atoms with E-state index in [4.69, 9.17) is 13.9 Å². The molecular weight excluding hydrogens is 376 g/mol. The monoisotopic (exact) mass is 398 g/mol. The van der Waals surface area contributed by atoms with Gasteiger partial charge in [-0.25, -0.2) is 0 Å². The number of nitrogens with zero attached hydrogens (tertiary/aromatic N) is 2. The van der Waals surface area contributed by atoms with Gasteiger partial charge in [-0.15, -0.1) is 10.2 Å². The number of Topliss-reactive ketones (excluding diaryl/α,β-unsaturated/α-hetero) is 1. The van der Waals surface area contributed by atoms with E-state index in [1.807, 2.05) is 39.0 Å². The van der Waals surface area contributed by atoms with Crippen molar-refractivity contribution in [3.8, 4) is 11.5 Å². The van der Waals surface area contributed by atoms with Crippen molar-refractivity contribution >= 4 is 17.5 Å². The molecule has 2 aromatic carbocycles. The van der Waals surface area contributed by atoms with Crippen LogP contribution < -0.4 is 9.47 Å². The van der Waals surface area contributed by atoms with Crippen molar-refractivity contribution in [3.63, 3.8) is 0 Å². The molecule has 0 saturated carbocycles. The number of rotatable bonds is 9. The van der Waals surface area contributed by atoms with Crippen molar-refractivity contribution < 1.29 is 18.7 Å². The highest BCUT2D eigenvalue weighted by atomic mass is 32.2. The van der Waals surface area contributed by atoms with Crippen LogP contribution in [0, 0.1) is 13.8 Å². The molecule has 7 heteroatoms. The van der Waals surface area contributed by atoms with Crippen LogP contribution in [0.1, 0.15) is 34.3 Å². The first kappa shape index (κ1) is 19.9. The lowest BCUT2D eigenvalue weighted by Crippen LogP contribution is -2.02. The molecule has 3 aromatic rings. The van der Waals surface area contributed by atoms with Gasteiger partial charge in [-0.2, -0.15) is 0 Å². The lowest BCUT2D eigenvalue weighted by atomic mass is 10.1. The fraction of sp³-hybridized carbons (Fsp3) is 0.286. The summed E-state index contributed by atoms with van der Waals surface area (Å²) >= 11 is 1.21. The Morgan fingerprint density at radius 3 is 2.61 bits per heavy atom. The highest BCUT2D eigenvalue weighted by Gasteiger charge is 2.12. The Morgan fingerprint density at radius 2 is 1.86 bits per heavy atom. The molecule has 0 radical (unpaired) electrons. The maximum absolute atomic E-state index is 12.3. The molecule has 0 aliphatic heterocycles. The molecule has 1 aromatic heterocycles. The van der Waals surface area contributed by atoms with Gasteiger partial charge in [-0.05, 0) is 62.2 Å². The zero-order chi connectivity index (χ0) is 19.9. The number of benzene rings is 2. The number of hydrogen-bond acceptors (Lipinski definition) is 7.